The fourth-order valence-corrected chi connectivity index (χ4v) is 2.86. The van der Waals surface area contributed by atoms with Crippen LogP contribution < -0.4 is 5.56 Å². The number of hydrogen-bond donors (Lipinski definition) is 0. The van der Waals surface area contributed by atoms with Gasteiger partial charge in [-0.05, 0) is 55.5 Å². The Labute approximate surface area is 189 Å². The second-order valence-corrected chi connectivity index (χ2v) is 8.07. The summed E-state index contributed by atoms with van der Waals surface area (Å²) < 4.78 is 2.73. The maximum Gasteiger partial charge on any atom is 0.261 e. The Bertz CT molecular complexity index is 962. The van der Waals surface area contributed by atoms with Crippen molar-refractivity contribution >= 4 is 26.8 Å². The summed E-state index contributed by atoms with van der Waals surface area (Å²) in [4.78, 5) is 21.6. The third kappa shape index (κ3) is 9.04. The first-order valence-corrected chi connectivity index (χ1v) is 11.4. The number of allylic oxidation sites excluding steroid dienone is 4. The molecule has 0 spiro atoms. The molecule has 2 aromatic heterocycles. The van der Waals surface area contributed by atoms with Crippen LogP contribution in [0.5, 0.6) is 0 Å². The van der Waals surface area contributed by atoms with Crippen LogP contribution in [-0.2, 0) is 13.0 Å². The smallest absolute Gasteiger partial charge is 0.261 e. The second kappa shape index (κ2) is 14.7. The maximum atomic E-state index is 12.9. The van der Waals surface area contributed by atoms with Gasteiger partial charge in [-0.15, -0.1) is 0 Å². The fraction of sp³-hybridized carbons (Fsp3) is 0.400. The zero-order valence-electron chi connectivity index (χ0n) is 18.8. The van der Waals surface area contributed by atoms with E-state index in [1.54, 1.807) is 29.4 Å². The van der Waals surface area contributed by atoms with Crippen LogP contribution in [0.4, 0.5) is 0 Å². The zero-order valence-corrected chi connectivity index (χ0v) is 20.4. The van der Waals surface area contributed by atoms with Crippen molar-refractivity contribution in [3.63, 3.8) is 0 Å². The van der Waals surface area contributed by atoms with Crippen molar-refractivity contribution in [1.29, 1.82) is 0 Å². The van der Waals surface area contributed by atoms with Gasteiger partial charge in [0.15, 0.2) is 0 Å². The summed E-state index contributed by atoms with van der Waals surface area (Å²) in [6.07, 6.45) is 14.3. The molecule has 5 heteroatoms. The molecule has 0 N–H and O–H groups in total. The molecule has 0 saturated heterocycles. The molecule has 1 atom stereocenters. The summed E-state index contributed by atoms with van der Waals surface area (Å²) in [6, 6.07) is 7.55. The van der Waals surface area contributed by atoms with Gasteiger partial charge in [0, 0.05) is 23.4 Å². The zero-order chi connectivity index (χ0) is 22.4. The third-order valence-corrected chi connectivity index (χ3v) is 4.84. The van der Waals surface area contributed by atoms with E-state index >= 15 is 0 Å². The normalized spacial score (nSPS) is 12.3. The number of aryl methyl sites for hydroxylation is 1. The first kappa shape index (κ1) is 25.8. The van der Waals surface area contributed by atoms with Crippen LogP contribution in [-0.4, -0.2) is 14.5 Å². The van der Waals surface area contributed by atoms with Gasteiger partial charge in [0.1, 0.15) is 0 Å². The Morgan fingerprint density at radius 1 is 1.23 bits per heavy atom. The Kier molecular flexibility index (Phi) is 12.6. The quantitative estimate of drug-likeness (QED) is 0.436. The topological polar surface area (TPSA) is 47.8 Å². The van der Waals surface area contributed by atoms with E-state index in [0.29, 0.717) is 23.4 Å². The van der Waals surface area contributed by atoms with Gasteiger partial charge in [-0.1, -0.05) is 68.3 Å². The van der Waals surface area contributed by atoms with Crippen LogP contribution >= 0.6 is 15.9 Å². The molecule has 0 amide bonds. The monoisotopic (exact) mass is 471 g/mol. The van der Waals surface area contributed by atoms with Crippen molar-refractivity contribution in [2.75, 3.05) is 0 Å². The molecule has 1 unspecified atom stereocenters. The molecule has 2 heterocycles. The summed E-state index contributed by atoms with van der Waals surface area (Å²) in [6.45, 7) is 11.1. The van der Waals surface area contributed by atoms with Gasteiger partial charge in [0.25, 0.3) is 5.56 Å². The van der Waals surface area contributed by atoms with Gasteiger partial charge < -0.3 is 0 Å². The first-order chi connectivity index (χ1) is 14.5. The van der Waals surface area contributed by atoms with Crippen LogP contribution in [0.25, 0.3) is 10.9 Å². The van der Waals surface area contributed by atoms with Crippen LogP contribution in [0.15, 0.2) is 70.5 Å². The Morgan fingerprint density at radius 3 is 2.63 bits per heavy atom. The molecular weight excluding hydrogens is 438 g/mol. The number of hydrogen-bond acceptors (Lipinski definition) is 3. The second-order valence-electron chi connectivity index (χ2n) is 7.16. The van der Waals surface area contributed by atoms with Crippen LogP contribution in [0.2, 0.25) is 0 Å². The van der Waals surface area contributed by atoms with E-state index in [-0.39, 0.29) is 5.56 Å². The van der Waals surface area contributed by atoms with E-state index in [2.05, 4.69) is 65.7 Å². The molecule has 0 radical (unpaired) electrons. The number of halogens is 1. The van der Waals surface area contributed by atoms with Gasteiger partial charge in [-0.2, -0.15) is 0 Å². The van der Waals surface area contributed by atoms with Crippen LogP contribution in [0.3, 0.4) is 0 Å². The molecule has 0 aliphatic carbocycles. The summed E-state index contributed by atoms with van der Waals surface area (Å²) in [5, 5.41) is 0.628. The van der Waals surface area contributed by atoms with Crippen molar-refractivity contribution in [1.82, 2.24) is 14.5 Å². The highest BCUT2D eigenvalue weighted by atomic mass is 79.9. The van der Waals surface area contributed by atoms with Gasteiger partial charge in [0.05, 0.1) is 17.2 Å². The SMILES string of the molecule is C/C=C(Br)\C=C/C(C)Cc1ccncccc2ncn(CCC)c(=O)c2c1.CCC. The molecular formula is C25H34BrN3O. The maximum absolute atomic E-state index is 12.9. The lowest BCUT2D eigenvalue weighted by atomic mass is 10.0. The lowest BCUT2D eigenvalue weighted by molar-refractivity contribution is 0.648. The Balaban J connectivity index is 0.00000141. The van der Waals surface area contributed by atoms with Crippen molar-refractivity contribution < 1.29 is 0 Å². The minimum absolute atomic E-state index is 0.00484. The van der Waals surface area contributed by atoms with E-state index in [1.807, 2.05) is 31.2 Å². The average molecular weight is 472 g/mol. The van der Waals surface area contributed by atoms with Crippen molar-refractivity contribution in [3.8, 4) is 0 Å². The molecule has 0 aromatic carbocycles. The van der Waals surface area contributed by atoms with E-state index in [9.17, 15) is 4.79 Å². The Hall–Kier alpha value is -2.27. The lowest BCUT2D eigenvalue weighted by Gasteiger charge is -2.07. The first-order valence-electron chi connectivity index (χ1n) is 10.6. The van der Waals surface area contributed by atoms with E-state index in [1.165, 1.54) is 6.42 Å². The summed E-state index contributed by atoms with van der Waals surface area (Å²) in [5.74, 6) is 0.314. The number of nitrogens with zero attached hydrogens (tertiary/aromatic N) is 3. The van der Waals surface area contributed by atoms with Crippen LogP contribution in [0.1, 0.15) is 53.0 Å². The standard InChI is InChI=1S/C22H26BrN3O.C3H8/c1-4-13-26-16-25-21-7-6-11-24-12-10-18(15-20(21)22(26)27)14-17(3)8-9-19(23)5-2;1-3-2/h5-12,15-17H,4,13-14H2,1-3H3;3H2,1-2H3/b7-6?,9-8-,11-6?,12-10?,18-10?,18-15?,19-5+,20-15?,21-7?,24-11?,24-12?;. The highest BCUT2D eigenvalue weighted by Gasteiger charge is 2.04. The third-order valence-electron chi connectivity index (χ3n) is 4.12. The van der Waals surface area contributed by atoms with E-state index < -0.39 is 0 Å². The minimum Gasteiger partial charge on any atom is -0.299 e. The summed E-state index contributed by atoms with van der Waals surface area (Å²) in [5.41, 5.74) is 1.71. The molecule has 0 aliphatic rings. The highest BCUT2D eigenvalue weighted by Crippen LogP contribution is 2.14. The summed E-state index contributed by atoms with van der Waals surface area (Å²) >= 11 is 3.49. The van der Waals surface area contributed by atoms with Gasteiger partial charge >= 0.3 is 0 Å². The molecule has 2 rings (SSSR count). The largest absolute Gasteiger partial charge is 0.299 e. The van der Waals surface area contributed by atoms with Crippen molar-refractivity contribution in [2.24, 2.45) is 5.92 Å². The van der Waals surface area contributed by atoms with E-state index in [4.69, 9.17) is 0 Å². The fourth-order valence-electron chi connectivity index (χ4n) is 2.71. The molecule has 162 valence electrons. The van der Waals surface area contributed by atoms with Gasteiger partial charge in [0.2, 0.25) is 0 Å². The number of fused-ring (bicyclic) bond motifs is 1. The number of rotatable bonds is 6. The molecule has 30 heavy (non-hydrogen) atoms. The number of aromatic nitrogens is 3. The lowest BCUT2D eigenvalue weighted by Crippen LogP contribution is -2.20. The molecule has 0 bridgehead atoms. The summed E-state index contributed by atoms with van der Waals surface area (Å²) in [7, 11) is 0. The molecule has 2 aromatic rings. The molecule has 0 saturated carbocycles. The average Bonchev–Trinajstić information content (AvgIpc) is 2.73. The predicted molar refractivity (Wildman–Crippen MR) is 132 cm³/mol. The molecule has 4 nitrogen and oxygen atoms in total. The molecule has 0 aliphatic heterocycles. The Morgan fingerprint density at radius 2 is 1.97 bits per heavy atom. The predicted octanol–water partition coefficient (Wildman–Crippen LogP) is 6.78. The van der Waals surface area contributed by atoms with Gasteiger partial charge in [-0.3, -0.25) is 14.3 Å². The van der Waals surface area contributed by atoms with E-state index in [0.717, 1.165) is 22.9 Å². The van der Waals surface area contributed by atoms with Crippen LogP contribution in [0, 0.1) is 5.92 Å². The highest BCUT2D eigenvalue weighted by molar-refractivity contribution is 9.11. The van der Waals surface area contributed by atoms with Gasteiger partial charge in [-0.25, -0.2) is 4.98 Å². The minimum atomic E-state index is -0.00484. The van der Waals surface area contributed by atoms with Crippen molar-refractivity contribution in [3.05, 3.63) is 81.6 Å². The molecule has 0 fully saturated rings. The van der Waals surface area contributed by atoms with Crippen molar-refractivity contribution in [2.45, 2.75) is 60.4 Å².